The Balaban J connectivity index is 1.90. The van der Waals surface area contributed by atoms with Gasteiger partial charge in [0.1, 0.15) is 6.10 Å². The highest BCUT2D eigenvalue weighted by atomic mass is 16.5. The van der Waals surface area contributed by atoms with Gasteiger partial charge in [-0.25, -0.2) is 0 Å². The number of aliphatic hydroxyl groups is 1. The highest BCUT2D eigenvalue weighted by Crippen LogP contribution is 2.38. The summed E-state index contributed by atoms with van der Waals surface area (Å²) >= 11 is 0. The van der Waals surface area contributed by atoms with Gasteiger partial charge in [-0.3, -0.25) is 0 Å². The molecular weight excluding hydrogens is 264 g/mol. The van der Waals surface area contributed by atoms with E-state index in [-0.39, 0.29) is 6.10 Å². The van der Waals surface area contributed by atoms with Crippen molar-refractivity contribution >= 4 is 0 Å². The van der Waals surface area contributed by atoms with Crippen LogP contribution >= 0.6 is 0 Å². The Labute approximate surface area is 126 Å². The van der Waals surface area contributed by atoms with Gasteiger partial charge < -0.3 is 14.6 Å². The van der Waals surface area contributed by atoms with Crippen LogP contribution in [0.15, 0.2) is 24.3 Å². The smallest absolute Gasteiger partial charge is 0.165 e. The van der Waals surface area contributed by atoms with Crippen molar-refractivity contribution in [2.24, 2.45) is 0 Å². The quantitative estimate of drug-likeness (QED) is 0.684. The average molecular weight is 288 g/mol. The van der Waals surface area contributed by atoms with E-state index in [1.807, 2.05) is 18.2 Å². The Hall–Kier alpha value is -1.48. The Kier molecular flexibility index (Phi) is 4.49. The van der Waals surface area contributed by atoms with Gasteiger partial charge in [-0.2, -0.15) is 0 Å². The third-order valence-electron chi connectivity index (χ3n) is 4.46. The van der Waals surface area contributed by atoms with Gasteiger partial charge in [0.15, 0.2) is 11.5 Å². The molecule has 3 nitrogen and oxygen atoms in total. The summed E-state index contributed by atoms with van der Waals surface area (Å²) in [5, 5.41) is 9.77. The molecule has 0 bridgehead atoms. The normalized spacial score (nSPS) is 25.0. The molecule has 0 aromatic heterocycles. The van der Waals surface area contributed by atoms with Crippen LogP contribution in [-0.4, -0.2) is 24.4 Å². The van der Waals surface area contributed by atoms with Gasteiger partial charge in [0.05, 0.1) is 13.2 Å². The van der Waals surface area contributed by atoms with E-state index in [1.165, 1.54) is 30.4 Å². The number of benzene rings is 1. The van der Waals surface area contributed by atoms with Gasteiger partial charge in [-0.1, -0.05) is 24.6 Å². The zero-order chi connectivity index (χ0) is 14.7. The third kappa shape index (κ3) is 3.24. The van der Waals surface area contributed by atoms with Crippen LogP contribution in [0.1, 0.15) is 43.2 Å². The van der Waals surface area contributed by atoms with Crippen molar-refractivity contribution in [3.63, 3.8) is 0 Å². The van der Waals surface area contributed by atoms with Gasteiger partial charge in [-0.15, -0.1) is 0 Å². The summed E-state index contributed by atoms with van der Waals surface area (Å²) in [6.07, 6.45) is 10.9. The van der Waals surface area contributed by atoms with Crippen LogP contribution in [0.5, 0.6) is 11.5 Å². The highest BCUT2D eigenvalue weighted by Gasteiger charge is 2.23. The number of ether oxygens (including phenoxy) is 2. The zero-order valence-electron chi connectivity index (χ0n) is 12.7. The lowest BCUT2D eigenvalue weighted by Crippen LogP contribution is -2.25. The monoisotopic (exact) mass is 288 g/mol. The molecule has 1 unspecified atom stereocenters. The fourth-order valence-corrected chi connectivity index (χ4v) is 3.33. The highest BCUT2D eigenvalue weighted by molar-refractivity contribution is 5.51. The van der Waals surface area contributed by atoms with Crippen molar-refractivity contribution in [2.45, 2.75) is 57.2 Å². The van der Waals surface area contributed by atoms with Crippen molar-refractivity contribution in [3.05, 3.63) is 35.4 Å². The lowest BCUT2D eigenvalue weighted by atomic mass is 9.99. The van der Waals surface area contributed by atoms with E-state index >= 15 is 0 Å². The van der Waals surface area contributed by atoms with Gasteiger partial charge in [0.2, 0.25) is 0 Å². The Morgan fingerprint density at radius 1 is 1.14 bits per heavy atom. The maximum atomic E-state index is 9.77. The summed E-state index contributed by atoms with van der Waals surface area (Å²) in [5.74, 6) is 1.73. The molecule has 0 amide bonds. The maximum absolute atomic E-state index is 9.77. The number of fused-ring (bicyclic) bond motifs is 1. The van der Waals surface area contributed by atoms with E-state index in [9.17, 15) is 5.11 Å². The van der Waals surface area contributed by atoms with Gasteiger partial charge >= 0.3 is 0 Å². The van der Waals surface area contributed by atoms with E-state index in [0.29, 0.717) is 6.42 Å². The summed E-state index contributed by atoms with van der Waals surface area (Å²) in [5.41, 5.74) is 2.71. The molecule has 0 saturated carbocycles. The lowest BCUT2D eigenvalue weighted by molar-refractivity contribution is 0.110. The summed E-state index contributed by atoms with van der Waals surface area (Å²) < 4.78 is 11.8. The number of hydrogen-bond acceptors (Lipinski definition) is 3. The van der Waals surface area contributed by atoms with E-state index in [4.69, 9.17) is 9.47 Å². The summed E-state index contributed by atoms with van der Waals surface area (Å²) in [6.45, 7) is 0. The summed E-state index contributed by atoms with van der Waals surface area (Å²) in [4.78, 5) is 0. The van der Waals surface area contributed by atoms with E-state index in [2.05, 4.69) is 6.07 Å². The number of aryl methyl sites for hydroxylation is 1. The van der Waals surface area contributed by atoms with E-state index in [1.54, 1.807) is 7.11 Å². The van der Waals surface area contributed by atoms with Crippen molar-refractivity contribution < 1.29 is 14.6 Å². The largest absolute Gasteiger partial charge is 0.493 e. The van der Waals surface area contributed by atoms with Crippen molar-refractivity contribution in [2.75, 3.05) is 7.11 Å². The second kappa shape index (κ2) is 6.52. The predicted octanol–water partition coefficient (Wildman–Crippen LogP) is 3.42. The number of methoxy groups -OCH3 is 1. The fourth-order valence-electron chi connectivity index (χ4n) is 3.33. The first kappa shape index (κ1) is 14.5. The second-order valence-electron chi connectivity index (χ2n) is 6.00. The molecule has 2 aliphatic rings. The van der Waals surface area contributed by atoms with Crippen molar-refractivity contribution in [3.8, 4) is 11.5 Å². The minimum atomic E-state index is -0.392. The molecular formula is C18H24O3. The molecule has 3 heteroatoms. The molecule has 114 valence electrons. The molecule has 0 radical (unpaired) electrons. The molecule has 1 aromatic carbocycles. The minimum absolute atomic E-state index is 0.0358. The second-order valence-corrected chi connectivity index (χ2v) is 6.00. The van der Waals surface area contributed by atoms with Crippen LogP contribution in [0.3, 0.4) is 0 Å². The van der Waals surface area contributed by atoms with Crippen molar-refractivity contribution in [1.82, 2.24) is 0 Å². The van der Waals surface area contributed by atoms with Crippen LogP contribution in [0.2, 0.25) is 0 Å². The molecule has 0 spiro atoms. The molecule has 2 atom stereocenters. The Bertz CT molecular complexity index is 521. The topological polar surface area (TPSA) is 38.7 Å². The van der Waals surface area contributed by atoms with Crippen LogP contribution in [0.4, 0.5) is 0 Å². The predicted molar refractivity (Wildman–Crippen MR) is 83.0 cm³/mol. The fraction of sp³-hybridized carbons (Fsp3) is 0.556. The van der Waals surface area contributed by atoms with Crippen molar-refractivity contribution in [1.29, 1.82) is 0 Å². The number of hydrogen-bond donors (Lipinski definition) is 1. The average Bonchev–Trinajstić information content (AvgIpc) is 2.73. The van der Waals surface area contributed by atoms with Gasteiger partial charge in [0, 0.05) is 18.4 Å². The number of aliphatic hydroxyl groups excluding tert-OH is 1. The van der Waals surface area contributed by atoms with E-state index < -0.39 is 6.10 Å². The third-order valence-corrected chi connectivity index (χ3v) is 4.46. The Morgan fingerprint density at radius 2 is 2.00 bits per heavy atom. The molecule has 2 aliphatic carbocycles. The first-order valence-electron chi connectivity index (χ1n) is 7.98. The molecule has 0 heterocycles. The van der Waals surface area contributed by atoms with Gasteiger partial charge in [0.25, 0.3) is 0 Å². The standard InChI is InChI=1S/C18H24O3/c1-20-17-11-10-13-6-3-2-4-9-16(13)18(17)21-15-8-5-7-14(19)12-15/h5,7,10-11,14-15,19H,2-4,6,8-9,12H2,1H3/t14-,15?/m0/s1. The maximum Gasteiger partial charge on any atom is 0.165 e. The SMILES string of the molecule is COc1ccc2c(c1OC1CC=C[C@H](O)C1)CCCCC2. The molecule has 1 N–H and O–H groups in total. The minimum Gasteiger partial charge on any atom is -0.493 e. The summed E-state index contributed by atoms with van der Waals surface area (Å²) in [7, 11) is 1.70. The van der Waals surface area contributed by atoms with Crippen LogP contribution in [0, 0.1) is 0 Å². The number of rotatable bonds is 3. The lowest BCUT2D eigenvalue weighted by Gasteiger charge is -2.26. The molecule has 0 aliphatic heterocycles. The molecule has 3 rings (SSSR count). The molecule has 1 aromatic rings. The molecule has 0 saturated heterocycles. The van der Waals surface area contributed by atoms with Crippen LogP contribution < -0.4 is 9.47 Å². The first-order chi connectivity index (χ1) is 10.3. The molecule has 21 heavy (non-hydrogen) atoms. The summed E-state index contributed by atoms with van der Waals surface area (Å²) in [6, 6.07) is 4.20. The first-order valence-corrected chi connectivity index (χ1v) is 7.98. The van der Waals surface area contributed by atoms with Gasteiger partial charge in [-0.05, 0) is 37.3 Å². The Morgan fingerprint density at radius 3 is 2.81 bits per heavy atom. The van der Waals surface area contributed by atoms with E-state index in [0.717, 1.165) is 30.8 Å². The van der Waals surface area contributed by atoms with Crippen LogP contribution in [-0.2, 0) is 12.8 Å². The van der Waals surface area contributed by atoms with Crippen LogP contribution in [0.25, 0.3) is 0 Å². The molecule has 0 fully saturated rings. The zero-order valence-corrected chi connectivity index (χ0v) is 12.7.